The minimum absolute atomic E-state index is 0.378. The normalized spacial score (nSPS) is 11.0. The van der Waals surface area contributed by atoms with Crippen molar-refractivity contribution in [3.63, 3.8) is 0 Å². The average Bonchev–Trinajstić information content (AvgIpc) is 2.58. The highest BCUT2D eigenvalue weighted by Crippen LogP contribution is 2.29. The summed E-state index contributed by atoms with van der Waals surface area (Å²) in [4.78, 5) is 25.3. The van der Waals surface area contributed by atoms with Crippen LogP contribution < -0.4 is 15.4 Å². The van der Waals surface area contributed by atoms with Gasteiger partial charge in [-0.05, 0) is 63.1 Å². The molecule has 0 aromatic heterocycles. The molecule has 0 bridgehead atoms. The molecule has 0 aliphatic rings. The van der Waals surface area contributed by atoms with Crippen molar-refractivity contribution in [2.24, 2.45) is 5.41 Å². The second kappa shape index (κ2) is 7.79. The summed E-state index contributed by atoms with van der Waals surface area (Å²) in [6, 6.07) is 10.7. The van der Waals surface area contributed by atoms with Crippen molar-refractivity contribution < 1.29 is 14.3 Å². The van der Waals surface area contributed by atoms with E-state index in [9.17, 15) is 9.59 Å². The summed E-state index contributed by atoms with van der Waals surface area (Å²) in [7, 11) is 1.51. The second-order valence-corrected chi connectivity index (χ2v) is 7.11. The fraction of sp³-hybridized carbons (Fsp3) is 0.300. The first kappa shape index (κ1) is 19.8. The summed E-state index contributed by atoms with van der Waals surface area (Å²) in [6.45, 7) is 7.00. The number of carbonyl (C=O) groups is 2. The van der Waals surface area contributed by atoms with Crippen LogP contribution >= 0.6 is 11.6 Å². The van der Waals surface area contributed by atoms with Crippen LogP contribution in [0.3, 0.4) is 0 Å². The molecule has 6 heteroatoms. The molecule has 2 aromatic rings. The predicted octanol–water partition coefficient (Wildman–Crippen LogP) is 4.57. The minimum Gasteiger partial charge on any atom is -0.495 e. The van der Waals surface area contributed by atoms with Gasteiger partial charge >= 0.3 is 0 Å². The number of rotatable bonds is 5. The fourth-order valence-electron chi connectivity index (χ4n) is 2.28. The zero-order valence-corrected chi connectivity index (χ0v) is 16.3. The first-order valence-electron chi connectivity index (χ1n) is 8.19. The van der Waals surface area contributed by atoms with Crippen LogP contribution in [0.25, 0.3) is 0 Å². The molecule has 26 heavy (non-hydrogen) atoms. The highest BCUT2D eigenvalue weighted by atomic mass is 35.5. The van der Waals surface area contributed by atoms with Gasteiger partial charge in [-0.3, -0.25) is 9.59 Å². The van der Waals surface area contributed by atoms with Gasteiger partial charge in [-0.1, -0.05) is 23.7 Å². The van der Waals surface area contributed by atoms with E-state index in [1.165, 1.54) is 7.11 Å². The van der Waals surface area contributed by atoms with Crippen molar-refractivity contribution >= 4 is 34.8 Å². The van der Waals surface area contributed by atoms with E-state index < -0.39 is 11.3 Å². The molecule has 0 heterocycles. The molecule has 0 aliphatic heterocycles. The van der Waals surface area contributed by atoms with E-state index in [0.29, 0.717) is 22.1 Å². The van der Waals surface area contributed by atoms with Crippen molar-refractivity contribution in [1.82, 2.24) is 0 Å². The highest BCUT2D eigenvalue weighted by Gasteiger charge is 2.36. The van der Waals surface area contributed by atoms with E-state index in [4.69, 9.17) is 16.3 Å². The molecule has 0 atom stereocenters. The number of carbonyl (C=O) groups excluding carboxylic acids is 2. The van der Waals surface area contributed by atoms with E-state index in [-0.39, 0.29) is 5.91 Å². The van der Waals surface area contributed by atoms with Crippen LogP contribution in [0.5, 0.6) is 5.75 Å². The smallest absolute Gasteiger partial charge is 0.239 e. The highest BCUT2D eigenvalue weighted by molar-refractivity contribution is 6.32. The summed E-state index contributed by atoms with van der Waals surface area (Å²) < 4.78 is 5.09. The largest absolute Gasteiger partial charge is 0.495 e. The topological polar surface area (TPSA) is 67.4 Å². The number of halogens is 1. The SMILES string of the molecule is COc1ccc(NC(=O)C(C)(C)C(=O)Nc2cc(C)ccc2C)cc1Cl. The number of hydrogen-bond donors (Lipinski definition) is 2. The molecule has 5 nitrogen and oxygen atoms in total. The molecular formula is C20H23ClN2O3. The molecule has 2 rings (SSSR count). The van der Waals surface area contributed by atoms with Crippen molar-refractivity contribution in [3.8, 4) is 5.75 Å². The molecule has 0 fully saturated rings. The molecule has 0 saturated carbocycles. The first-order chi connectivity index (χ1) is 12.1. The first-order valence-corrected chi connectivity index (χ1v) is 8.56. The third-order valence-corrected chi connectivity index (χ3v) is 4.48. The summed E-state index contributed by atoms with van der Waals surface area (Å²) in [6.07, 6.45) is 0. The Balaban J connectivity index is 2.14. The number of nitrogens with one attached hydrogen (secondary N) is 2. The van der Waals surface area contributed by atoms with Crippen molar-refractivity contribution in [3.05, 3.63) is 52.5 Å². The van der Waals surface area contributed by atoms with Gasteiger partial charge in [0.05, 0.1) is 12.1 Å². The van der Waals surface area contributed by atoms with Crippen LogP contribution in [-0.4, -0.2) is 18.9 Å². The predicted molar refractivity (Wildman–Crippen MR) is 105 cm³/mol. The van der Waals surface area contributed by atoms with Gasteiger partial charge in [-0.2, -0.15) is 0 Å². The number of hydrogen-bond acceptors (Lipinski definition) is 3. The lowest BCUT2D eigenvalue weighted by Crippen LogP contribution is -2.41. The van der Waals surface area contributed by atoms with Crippen LogP contribution in [0, 0.1) is 19.3 Å². The number of anilines is 2. The molecule has 2 N–H and O–H groups in total. The Morgan fingerprint density at radius 1 is 1.00 bits per heavy atom. The van der Waals surface area contributed by atoms with Gasteiger partial charge in [0, 0.05) is 11.4 Å². The molecule has 0 radical (unpaired) electrons. The maximum atomic E-state index is 12.7. The molecular weight excluding hydrogens is 352 g/mol. The number of amides is 2. The van der Waals surface area contributed by atoms with Crippen LogP contribution in [0.4, 0.5) is 11.4 Å². The van der Waals surface area contributed by atoms with E-state index >= 15 is 0 Å². The average molecular weight is 375 g/mol. The Kier molecular flexibility index (Phi) is 5.93. The molecule has 0 spiro atoms. The maximum absolute atomic E-state index is 12.7. The fourth-order valence-corrected chi connectivity index (χ4v) is 2.54. The summed E-state index contributed by atoms with van der Waals surface area (Å²) in [5.41, 5.74) is 1.88. The van der Waals surface area contributed by atoms with Crippen LogP contribution in [0.15, 0.2) is 36.4 Å². The molecule has 0 unspecified atom stereocenters. The summed E-state index contributed by atoms with van der Waals surface area (Å²) >= 11 is 6.07. The van der Waals surface area contributed by atoms with E-state index in [2.05, 4.69) is 10.6 Å². The summed E-state index contributed by atoms with van der Waals surface area (Å²) in [5.74, 6) is -0.304. The van der Waals surface area contributed by atoms with Gasteiger partial charge in [0.25, 0.3) is 0 Å². The van der Waals surface area contributed by atoms with E-state index in [1.54, 1.807) is 32.0 Å². The second-order valence-electron chi connectivity index (χ2n) is 6.70. The molecule has 2 amide bonds. The molecule has 0 saturated heterocycles. The van der Waals surface area contributed by atoms with Gasteiger partial charge < -0.3 is 15.4 Å². The minimum atomic E-state index is -1.28. The van der Waals surface area contributed by atoms with Crippen molar-refractivity contribution in [2.75, 3.05) is 17.7 Å². The maximum Gasteiger partial charge on any atom is 0.239 e. The number of benzene rings is 2. The van der Waals surface area contributed by atoms with Crippen molar-refractivity contribution in [2.45, 2.75) is 27.7 Å². The van der Waals surface area contributed by atoms with Gasteiger partial charge in [0.1, 0.15) is 11.2 Å². The van der Waals surface area contributed by atoms with Gasteiger partial charge in [-0.25, -0.2) is 0 Å². The Morgan fingerprint density at radius 2 is 1.65 bits per heavy atom. The van der Waals surface area contributed by atoms with E-state index in [1.807, 2.05) is 32.0 Å². The number of methoxy groups -OCH3 is 1. The Labute approximate surface area is 158 Å². The standard InChI is InChI=1S/C20H23ClN2O3/c1-12-6-7-13(2)16(10-12)23-19(25)20(3,4)18(24)22-14-8-9-17(26-5)15(21)11-14/h6-11H,1-5H3,(H,22,24)(H,23,25). The van der Waals surface area contributed by atoms with E-state index in [0.717, 1.165) is 11.1 Å². The lowest BCUT2D eigenvalue weighted by atomic mass is 9.90. The van der Waals surface area contributed by atoms with Gasteiger partial charge in [-0.15, -0.1) is 0 Å². The number of ether oxygens (including phenoxy) is 1. The Morgan fingerprint density at radius 3 is 2.27 bits per heavy atom. The molecule has 0 aliphatic carbocycles. The molecule has 138 valence electrons. The monoisotopic (exact) mass is 374 g/mol. The zero-order valence-electron chi connectivity index (χ0n) is 15.6. The third-order valence-electron chi connectivity index (χ3n) is 4.19. The summed E-state index contributed by atoms with van der Waals surface area (Å²) in [5, 5.41) is 5.95. The zero-order chi connectivity index (χ0) is 19.5. The lowest BCUT2D eigenvalue weighted by Gasteiger charge is -2.23. The van der Waals surface area contributed by atoms with Crippen LogP contribution in [-0.2, 0) is 9.59 Å². The van der Waals surface area contributed by atoms with Gasteiger partial charge in [0.15, 0.2) is 0 Å². The molecule has 2 aromatic carbocycles. The van der Waals surface area contributed by atoms with Crippen LogP contribution in [0.2, 0.25) is 5.02 Å². The van der Waals surface area contributed by atoms with Crippen molar-refractivity contribution in [1.29, 1.82) is 0 Å². The Bertz CT molecular complexity index is 847. The lowest BCUT2D eigenvalue weighted by molar-refractivity contribution is -0.135. The van der Waals surface area contributed by atoms with Gasteiger partial charge in [0.2, 0.25) is 11.8 Å². The quantitative estimate of drug-likeness (QED) is 0.753. The Hall–Kier alpha value is -2.53. The number of aryl methyl sites for hydroxylation is 2. The third kappa shape index (κ3) is 4.35. The van der Waals surface area contributed by atoms with Crippen LogP contribution in [0.1, 0.15) is 25.0 Å².